The van der Waals surface area contributed by atoms with Crippen LogP contribution in [0.2, 0.25) is 0 Å². The van der Waals surface area contributed by atoms with Crippen LogP contribution in [0, 0.1) is 0 Å². The molecule has 0 atom stereocenters. The second-order valence-corrected chi connectivity index (χ2v) is 2.33. The molecule has 2 nitrogen and oxygen atoms in total. The Morgan fingerprint density at radius 2 is 2.50 bits per heavy atom. The van der Waals surface area contributed by atoms with Gasteiger partial charge in [-0.1, -0.05) is 12.2 Å². The Balaban J connectivity index is 2.99. The number of rotatable bonds is 0. The zero-order valence-electron chi connectivity index (χ0n) is 2.84. The first-order valence-corrected chi connectivity index (χ1v) is 3.41. The van der Waals surface area contributed by atoms with E-state index in [-0.39, 0.29) is 0 Å². The number of nitrogens with two attached hydrogens (primary N) is 1. The lowest BCUT2D eigenvalue weighted by molar-refractivity contribution is 1.07. The van der Waals surface area contributed by atoms with Gasteiger partial charge in [-0.25, -0.2) is 5.84 Å². The summed E-state index contributed by atoms with van der Waals surface area (Å²) in [6.45, 7) is 0. The number of hydrogen-bond acceptors (Lipinski definition) is 4. The maximum atomic E-state index is 4.82. The molecule has 3 N–H and O–H groups in total. The van der Waals surface area contributed by atoms with Gasteiger partial charge in [0.25, 0.3) is 0 Å². The monoisotopic (exact) mass is 140 g/mol. The largest absolute Gasteiger partial charge is 0.309 e. The smallest absolute Gasteiger partial charge is 0.158 e. The van der Waals surface area contributed by atoms with Crippen LogP contribution in [0.4, 0.5) is 0 Å². The van der Waals surface area contributed by atoms with E-state index in [1.807, 2.05) is 0 Å². The predicted octanol–water partition coefficient (Wildman–Crippen LogP) is 0.313. The molecule has 0 bridgehead atoms. The summed E-state index contributed by atoms with van der Waals surface area (Å²) in [7, 11) is 1.11. The fraction of sp³-hybridized carbons (Fsp3) is 0. The summed E-state index contributed by atoms with van der Waals surface area (Å²) in [4.78, 5) is 0. The Morgan fingerprint density at radius 1 is 2.00 bits per heavy atom. The highest BCUT2D eigenvalue weighted by molar-refractivity contribution is 8.76. The number of nitrogens with one attached hydrogen (secondary N) is 1. The minimum Gasteiger partial charge on any atom is -0.309 e. The van der Waals surface area contributed by atoms with Crippen LogP contribution in [0.25, 0.3) is 0 Å². The third-order valence-electron chi connectivity index (χ3n) is 0.201. The van der Waals surface area contributed by atoms with Crippen molar-refractivity contribution in [3.63, 3.8) is 0 Å². The second-order valence-electron chi connectivity index (χ2n) is 0.523. The van der Waals surface area contributed by atoms with Crippen molar-refractivity contribution in [2.75, 3.05) is 0 Å². The van der Waals surface area contributed by atoms with E-state index >= 15 is 0 Å². The van der Waals surface area contributed by atoms with Crippen LogP contribution in [0.3, 0.4) is 0 Å². The van der Waals surface area contributed by atoms with Crippen LogP contribution in [0.5, 0.6) is 0 Å². The minimum atomic E-state index is 0.485. The van der Waals surface area contributed by atoms with E-state index in [2.05, 4.69) is 29.3 Å². The summed E-state index contributed by atoms with van der Waals surface area (Å²) >= 11 is 8.24. The number of hydrazine groups is 1. The first-order chi connectivity index (χ1) is 2.81. The molecule has 0 fully saturated rings. The first-order valence-electron chi connectivity index (χ1n) is 1.13. The van der Waals surface area contributed by atoms with Gasteiger partial charge in [-0.2, -0.15) is 0 Å². The third-order valence-corrected chi connectivity index (χ3v) is 1.77. The van der Waals surface area contributed by atoms with Crippen LogP contribution in [0.1, 0.15) is 0 Å². The standard InChI is InChI=1S/CH4N2S3/c2-3-1(4)6-5/h5H,2H2,(H,3,4). The molecule has 0 saturated heterocycles. The van der Waals surface area contributed by atoms with Gasteiger partial charge in [0.15, 0.2) is 4.32 Å². The maximum Gasteiger partial charge on any atom is 0.158 e. The van der Waals surface area contributed by atoms with E-state index in [0.717, 1.165) is 10.8 Å². The molecule has 0 aromatic heterocycles. The van der Waals surface area contributed by atoms with Crippen LogP contribution >= 0.6 is 34.7 Å². The highest BCUT2D eigenvalue weighted by Gasteiger charge is 1.81. The van der Waals surface area contributed by atoms with Gasteiger partial charge in [0.2, 0.25) is 0 Å². The summed E-state index contributed by atoms with van der Waals surface area (Å²) in [6, 6.07) is 0. The summed E-state index contributed by atoms with van der Waals surface area (Å²) in [5, 5.41) is 0. The van der Waals surface area contributed by atoms with Crippen molar-refractivity contribution in [2.45, 2.75) is 0 Å². The molecule has 0 aliphatic rings. The molecule has 0 saturated carbocycles. The molecule has 5 heteroatoms. The van der Waals surface area contributed by atoms with Gasteiger partial charge in [-0.15, -0.1) is 11.7 Å². The van der Waals surface area contributed by atoms with Crippen molar-refractivity contribution < 1.29 is 0 Å². The number of thiocarbonyl (C=S) groups is 1. The molecule has 0 aliphatic carbocycles. The topological polar surface area (TPSA) is 38.0 Å². The molecule has 0 amide bonds. The summed E-state index contributed by atoms with van der Waals surface area (Å²) in [5.41, 5.74) is 2.23. The van der Waals surface area contributed by atoms with Crippen molar-refractivity contribution in [3.8, 4) is 0 Å². The molecular formula is CH4N2S3. The normalized spacial score (nSPS) is 7.67. The molecule has 0 aromatic carbocycles. The van der Waals surface area contributed by atoms with Crippen molar-refractivity contribution in [1.29, 1.82) is 0 Å². The van der Waals surface area contributed by atoms with Gasteiger partial charge in [0, 0.05) is 0 Å². The van der Waals surface area contributed by atoms with Crippen LogP contribution in [0.15, 0.2) is 0 Å². The fourth-order valence-electron chi connectivity index (χ4n) is 0.0264. The van der Waals surface area contributed by atoms with E-state index in [0.29, 0.717) is 4.32 Å². The molecule has 0 spiro atoms. The Labute approximate surface area is 50.6 Å². The Morgan fingerprint density at radius 3 is 2.50 bits per heavy atom. The summed E-state index contributed by atoms with van der Waals surface area (Å²) in [6.07, 6.45) is 0. The lowest BCUT2D eigenvalue weighted by Crippen LogP contribution is -2.24. The predicted molar refractivity (Wildman–Crippen MR) is 36.5 cm³/mol. The molecule has 0 aliphatic heterocycles. The zero-order valence-corrected chi connectivity index (χ0v) is 5.37. The molecule has 0 rings (SSSR count). The van der Waals surface area contributed by atoms with Gasteiger partial charge < -0.3 is 5.43 Å². The van der Waals surface area contributed by atoms with Crippen LogP contribution in [-0.2, 0) is 0 Å². The highest BCUT2D eigenvalue weighted by Crippen LogP contribution is 2.03. The second kappa shape index (κ2) is 3.73. The average molecular weight is 140 g/mol. The van der Waals surface area contributed by atoms with E-state index < -0.39 is 0 Å². The van der Waals surface area contributed by atoms with Crippen molar-refractivity contribution in [3.05, 3.63) is 0 Å². The van der Waals surface area contributed by atoms with Gasteiger partial charge in [-0.3, -0.25) is 0 Å². The number of thiol groups is 1. The Hall–Kier alpha value is 0.550. The molecular weight excluding hydrogens is 136 g/mol. The van der Waals surface area contributed by atoms with E-state index in [9.17, 15) is 0 Å². The number of hydrogen-bond donors (Lipinski definition) is 3. The zero-order chi connectivity index (χ0) is 4.99. The van der Waals surface area contributed by atoms with Crippen LogP contribution in [-0.4, -0.2) is 4.32 Å². The quantitative estimate of drug-likeness (QED) is 0.149. The van der Waals surface area contributed by atoms with Gasteiger partial charge in [0.05, 0.1) is 0 Å². The molecule has 0 heterocycles. The summed E-state index contributed by atoms with van der Waals surface area (Å²) < 4.78 is 0.485. The van der Waals surface area contributed by atoms with Crippen molar-refractivity contribution in [1.82, 2.24) is 5.43 Å². The van der Waals surface area contributed by atoms with Crippen molar-refractivity contribution in [2.24, 2.45) is 5.84 Å². The van der Waals surface area contributed by atoms with Crippen molar-refractivity contribution >= 4 is 39.0 Å². The molecule has 36 valence electrons. The lowest BCUT2D eigenvalue weighted by atomic mass is 11.5. The first kappa shape index (κ1) is 6.55. The summed E-state index contributed by atoms with van der Waals surface area (Å²) in [5.74, 6) is 4.82. The van der Waals surface area contributed by atoms with Gasteiger partial charge in [0.1, 0.15) is 0 Å². The molecule has 0 unspecified atom stereocenters. The Bertz CT molecular complexity index is 46.8. The highest BCUT2D eigenvalue weighted by atomic mass is 33.1. The van der Waals surface area contributed by atoms with E-state index in [1.165, 1.54) is 0 Å². The SMILES string of the molecule is NNC(=S)SS. The maximum absolute atomic E-state index is 4.82. The molecule has 0 aromatic rings. The lowest BCUT2D eigenvalue weighted by Gasteiger charge is -1.90. The Kier molecular flexibility index (Phi) is 4.07. The van der Waals surface area contributed by atoms with E-state index in [4.69, 9.17) is 5.84 Å². The molecule has 0 radical (unpaired) electrons. The minimum absolute atomic E-state index is 0.485. The van der Waals surface area contributed by atoms with Gasteiger partial charge >= 0.3 is 0 Å². The third kappa shape index (κ3) is 2.77. The van der Waals surface area contributed by atoms with Crippen LogP contribution < -0.4 is 11.3 Å². The fourth-order valence-corrected chi connectivity index (χ4v) is 0.237. The average Bonchev–Trinajstić information content (AvgIpc) is 1.65. The van der Waals surface area contributed by atoms with E-state index in [1.54, 1.807) is 0 Å². The van der Waals surface area contributed by atoms with Gasteiger partial charge in [-0.05, 0) is 10.8 Å². The molecule has 6 heavy (non-hydrogen) atoms.